The van der Waals surface area contributed by atoms with Crippen molar-refractivity contribution in [2.75, 3.05) is 19.5 Å². The van der Waals surface area contributed by atoms with E-state index in [1.165, 1.54) is 7.11 Å². The number of carbonyl (C=O) groups is 1. The van der Waals surface area contributed by atoms with Crippen LogP contribution in [-0.2, 0) is 0 Å². The average Bonchev–Trinajstić information content (AvgIpc) is 3.03. The number of nitrogens with zero attached hydrogens (tertiary/aromatic N) is 3. The molecule has 0 radical (unpaired) electrons. The molecule has 0 fully saturated rings. The van der Waals surface area contributed by atoms with Crippen LogP contribution in [0.1, 0.15) is 16.2 Å². The molecule has 8 heteroatoms. The summed E-state index contributed by atoms with van der Waals surface area (Å²) in [5, 5.41) is 10.9. The van der Waals surface area contributed by atoms with E-state index in [0.29, 0.717) is 22.9 Å². The first kappa shape index (κ1) is 17.9. The van der Waals surface area contributed by atoms with Gasteiger partial charge in [-0.1, -0.05) is 21.1 Å². The minimum absolute atomic E-state index is 0.253. The monoisotopic (exact) mass is 416 g/mol. The quantitative estimate of drug-likeness (QED) is 0.687. The predicted molar refractivity (Wildman–Crippen MR) is 101 cm³/mol. The molecule has 0 aliphatic heterocycles. The Bertz CT molecular complexity index is 938. The lowest BCUT2D eigenvalue weighted by molar-refractivity contribution is 0.102. The van der Waals surface area contributed by atoms with Crippen molar-refractivity contribution in [3.63, 3.8) is 0 Å². The number of hydrogen-bond acceptors (Lipinski definition) is 5. The Morgan fingerprint density at radius 2 is 1.77 bits per heavy atom. The average molecular weight is 417 g/mol. The van der Waals surface area contributed by atoms with Gasteiger partial charge in [0, 0.05) is 16.2 Å². The molecule has 0 unspecified atom stereocenters. The standard InChI is InChI=1S/C18H17BrN4O3/c1-11-17(21-22-23(11)14-7-4-12(19)5-8-14)18(24)20-13-6-9-15(25-2)16(10-13)26-3/h4-10H,1-3H3,(H,20,24). The van der Waals surface area contributed by atoms with Gasteiger partial charge in [0.15, 0.2) is 17.2 Å². The van der Waals surface area contributed by atoms with Gasteiger partial charge in [-0.25, -0.2) is 4.68 Å². The highest BCUT2D eigenvalue weighted by molar-refractivity contribution is 9.10. The van der Waals surface area contributed by atoms with E-state index in [0.717, 1.165) is 10.2 Å². The molecule has 2 aromatic carbocycles. The molecule has 1 heterocycles. The zero-order chi connectivity index (χ0) is 18.7. The third-order valence-electron chi connectivity index (χ3n) is 3.82. The van der Waals surface area contributed by atoms with Gasteiger partial charge in [-0.15, -0.1) is 5.10 Å². The molecule has 1 N–H and O–H groups in total. The summed E-state index contributed by atoms with van der Waals surface area (Å²) in [4.78, 5) is 12.6. The minimum Gasteiger partial charge on any atom is -0.493 e. The molecular formula is C18H17BrN4O3. The van der Waals surface area contributed by atoms with Crippen molar-refractivity contribution < 1.29 is 14.3 Å². The molecular weight excluding hydrogens is 400 g/mol. The molecule has 134 valence electrons. The Kier molecular flexibility index (Phi) is 5.22. The third-order valence-corrected chi connectivity index (χ3v) is 4.35. The Labute approximate surface area is 159 Å². The summed E-state index contributed by atoms with van der Waals surface area (Å²) < 4.78 is 13.0. The Balaban J connectivity index is 1.84. The maximum absolute atomic E-state index is 12.6. The highest BCUT2D eigenvalue weighted by Gasteiger charge is 2.18. The van der Waals surface area contributed by atoms with Crippen LogP contribution < -0.4 is 14.8 Å². The molecule has 3 aromatic rings. The van der Waals surface area contributed by atoms with Crippen LogP contribution in [0.15, 0.2) is 46.9 Å². The van der Waals surface area contributed by atoms with Gasteiger partial charge < -0.3 is 14.8 Å². The molecule has 0 saturated heterocycles. The first-order valence-electron chi connectivity index (χ1n) is 7.75. The van der Waals surface area contributed by atoms with Crippen molar-refractivity contribution in [2.24, 2.45) is 0 Å². The van der Waals surface area contributed by atoms with Crippen LogP contribution in [0.4, 0.5) is 5.69 Å². The second-order valence-corrected chi connectivity index (χ2v) is 6.35. The predicted octanol–water partition coefficient (Wildman–Crippen LogP) is 3.61. The highest BCUT2D eigenvalue weighted by Crippen LogP contribution is 2.30. The van der Waals surface area contributed by atoms with Gasteiger partial charge in [0.2, 0.25) is 0 Å². The first-order valence-corrected chi connectivity index (χ1v) is 8.54. The van der Waals surface area contributed by atoms with E-state index in [9.17, 15) is 4.79 Å². The van der Waals surface area contributed by atoms with Crippen LogP contribution in [-0.4, -0.2) is 35.1 Å². The fourth-order valence-corrected chi connectivity index (χ4v) is 2.74. The number of amides is 1. The van der Waals surface area contributed by atoms with Gasteiger partial charge >= 0.3 is 0 Å². The van der Waals surface area contributed by atoms with E-state index in [-0.39, 0.29) is 11.6 Å². The number of benzene rings is 2. The van der Waals surface area contributed by atoms with Gasteiger partial charge in [0.1, 0.15) is 0 Å². The molecule has 0 aliphatic rings. The van der Waals surface area contributed by atoms with Crippen LogP contribution in [0, 0.1) is 6.92 Å². The molecule has 0 saturated carbocycles. The van der Waals surface area contributed by atoms with Crippen LogP contribution in [0.5, 0.6) is 11.5 Å². The van der Waals surface area contributed by atoms with Crippen LogP contribution in [0.2, 0.25) is 0 Å². The van der Waals surface area contributed by atoms with E-state index >= 15 is 0 Å². The van der Waals surface area contributed by atoms with Crippen LogP contribution >= 0.6 is 15.9 Å². The maximum atomic E-state index is 12.6. The van der Waals surface area contributed by atoms with Crippen molar-refractivity contribution >= 4 is 27.5 Å². The summed E-state index contributed by atoms with van der Waals surface area (Å²) >= 11 is 3.40. The summed E-state index contributed by atoms with van der Waals surface area (Å²) in [6, 6.07) is 12.7. The second kappa shape index (κ2) is 7.57. The lowest BCUT2D eigenvalue weighted by Crippen LogP contribution is -2.14. The zero-order valence-corrected chi connectivity index (χ0v) is 16.1. The number of anilines is 1. The Morgan fingerprint density at radius 1 is 1.08 bits per heavy atom. The van der Waals surface area contributed by atoms with E-state index < -0.39 is 0 Å². The topological polar surface area (TPSA) is 78.3 Å². The first-order chi connectivity index (χ1) is 12.5. The maximum Gasteiger partial charge on any atom is 0.278 e. The summed E-state index contributed by atoms with van der Waals surface area (Å²) in [7, 11) is 3.09. The number of ether oxygens (including phenoxy) is 2. The molecule has 0 aliphatic carbocycles. The smallest absolute Gasteiger partial charge is 0.278 e. The Hall–Kier alpha value is -2.87. The Morgan fingerprint density at radius 3 is 2.42 bits per heavy atom. The van der Waals surface area contributed by atoms with Crippen LogP contribution in [0.3, 0.4) is 0 Å². The molecule has 26 heavy (non-hydrogen) atoms. The number of methoxy groups -OCH3 is 2. The molecule has 1 aromatic heterocycles. The van der Waals surface area contributed by atoms with Crippen molar-refractivity contribution in [2.45, 2.75) is 6.92 Å². The summed E-state index contributed by atoms with van der Waals surface area (Å²) in [5.41, 5.74) is 2.29. The van der Waals surface area contributed by atoms with Crippen LogP contribution in [0.25, 0.3) is 5.69 Å². The second-order valence-electron chi connectivity index (χ2n) is 5.44. The largest absolute Gasteiger partial charge is 0.493 e. The number of carbonyl (C=O) groups excluding carboxylic acids is 1. The lowest BCUT2D eigenvalue weighted by atomic mass is 10.2. The summed E-state index contributed by atoms with van der Waals surface area (Å²) in [5.74, 6) is 0.765. The third kappa shape index (κ3) is 3.55. The number of nitrogens with one attached hydrogen (secondary N) is 1. The number of rotatable bonds is 5. The summed E-state index contributed by atoms with van der Waals surface area (Å²) in [6.07, 6.45) is 0. The zero-order valence-electron chi connectivity index (χ0n) is 14.5. The van der Waals surface area contributed by atoms with Gasteiger partial charge in [0.25, 0.3) is 5.91 Å². The molecule has 0 bridgehead atoms. The molecule has 0 spiro atoms. The van der Waals surface area contributed by atoms with Gasteiger partial charge in [0.05, 0.1) is 25.6 Å². The van der Waals surface area contributed by atoms with Crippen molar-refractivity contribution in [3.8, 4) is 17.2 Å². The fraction of sp³-hybridized carbons (Fsp3) is 0.167. The number of aromatic nitrogens is 3. The van der Waals surface area contributed by atoms with E-state index in [1.807, 2.05) is 24.3 Å². The normalized spacial score (nSPS) is 10.5. The SMILES string of the molecule is COc1ccc(NC(=O)c2nnn(-c3ccc(Br)cc3)c2C)cc1OC. The van der Waals surface area contributed by atoms with E-state index in [2.05, 4.69) is 31.6 Å². The van der Waals surface area contributed by atoms with E-state index in [4.69, 9.17) is 9.47 Å². The van der Waals surface area contributed by atoms with Gasteiger partial charge in [-0.3, -0.25) is 4.79 Å². The fourth-order valence-electron chi connectivity index (χ4n) is 2.47. The van der Waals surface area contributed by atoms with Gasteiger partial charge in [-0.05, 0) is 43.3 Å². The number of halogens is 1. The van der Waals surface area contributed by atoms with Gasteiger partial charge in [-0.2, -0.15) is 0 Å². The minimum atomic E-state index is -0.349. The van der Waals surface area contributed by atoms with E-state index in [1.54, 1.807) is 36.9 Å². The van der Waals surface area contributed by atoms with Crippen molar-refractivity contribution in [1.82, 2.24) is 15.0 Å². The summed E-state index contributed by atoms with van der Waals surface area (Å²) in [6.45, 7) is 1.80. The molecule has 0 atom stereocenters. The van der Waals surface area contributed by atoms with Crippen molar-refractivity contribution in [1.29, 1.82) is 0 Å². The van der Waals surface area contributed by atoms with Crippen molar-refractivity contribution in [3.05, 3.63) is 58.3 Å². The lowest BCUT2D eigenvalue weighted by Gasteiger charge is -2.10. The molecule has 3 rings (SSSR count). The molecule has 7 nitrogen and oxygen atoms in total. The molecule has 1 amide bonds. The number of hydrogen-bond donors (Lipinski definition) is 1. The highest BCUT2D eigenvalue weighted by atomic mass is 79.9.